The number of hydrogen-bond acceptors (Lipinski definition) is 20. The molecule has 4 aliphatic rings. The standard InChI is InChI=1S/C26H35N10O18P3/c1-34-9-36(19-13(34)21(40)33-25(28)31-19)23-17-16(51-26(52-17)4-2-3-5-26)11(50-23)7-48-56(43,44)54-57(45,46)53-55(41,42)47-6-10-14(37)15(38)22(49-10)35-8-29-12-18(35)30-24(27)32-20(12)39/h8-11,14-17,22-23,37-38H,2-7H2,1H3,(H8-,27,28,30,31,32,33,39,40,41,42,43,44,45,46)/p+1/t10-,11-,14?,15?,16?,17?,22-,23-/m1/s1. The van der Waals surface area contributed by atoms with Crippen molar-refractivity contribution in [1.82, 2.24) is 34.1 Å². The third kappa shape index (κ3) is 7.62. The number of rotatable bonds is 12. The van der Waals surface area contributed by atoms with Gasteiger partial charge >= 0.3 is 29.0 Å². The summed E-state index contributed by atoms with van der Waals surface area (Å²) in [6.45, 7) is -1.88. The van der Waals surface area contributed by atoms with E-state index in [-0.39, 0.29) is 34.2 Å². The van der Waals surface area contributed by atoms with Gasteiger partial charge in [0.25, 0.3) is 16.7 Å². The van der Waals surface area contributed by atoms with Crippen molar-refractivity contribution < 1.29 is 79.8 Å². The summed E-state index contributed by atoms with van der Waals surface area (Å²) in [6, 6.07) is 0. The number of H-pyrrole nitrogens is 2. The highest BCUT2D eigenvalue weighted by Crippen LogP contribution is 2.68. The molecule has 1 aliphatic carbocycles. The fourth-order valence-electron chi connectivity index (χ4n) is 7.35. The molecule has 11 atom stereocenters. The predicted octanol–water partition coefficient (Wildman–Crippen LogP) is -2.21. The summed E-state index contributed by atoms with van der Waals surface area (Å²) >= 11 is 0. The molecule has 3 aliphatic heterocycles. The second-order valence-corrected chi connectivity index (χ2v) is 18.2. The third-order valence-electron chi connectivity index (χ3n) is 9.70. The number of hydrogen-bond donors (Lipinski definition) is 9. The molecule has 0 bridgehead atoms. The van der Waals surface area contributed by atoms with Crippen molar-refractivity contribution in [2.75, 3.05) is 24.7 Å². The van der Waals surface area contributed by atoms with E-state index in [0.717, 1.165) is 23.7 Å². The molecule has 0 radical (unpaired) electrons. The van der Waals surface area contributed by atoms with Gasteiger partial charge in [0.2, 0.25) is 24.5 Å². The lowest BCUT2D eigenvalue weighted by atomic mass is 10.1. The van der Waals surface area contributed by atoms with Crippen molar-refractivity contribution in [3.8, 4) is 0 Å². The van der Waals surface area contributed by atoms with Gasteiger partial charge in [0.15, 0.2) is 29.3 Å². The molecule has 4 aromatic heterocycles. The largest absolute Gasteiger partial charge is 0.490 e. The number of phosphoric acid groups is 3. The van der Waals surface area contributed by atoms with Crippen LogP contribution >= 0.6 is 23.5 Å². The molecule has 8 rings (SSSR count). The van der Waals surface area contributed by atoms with Crippen LogP contribution in [0.5, 0.6) is 0 Å². The number of nitrogen functional groups attached to an aromatic ring is 2. The zero-order valence-electron chi connectivity index (χ0n) is 29.2. The number of aliphatic hydroxyl groups is 2. The number of fused-ring (bicyclic) bond motifs is 3. The summed E-state index contributed by atoms with van der Waals surface area (Å²) in [5, 5.41) is 21.1. The molecule has 4 aromatic rings. The van der Waals surface area contributed by atoms with Crippen molar-refractivity contribution >= 4 is 57.7 Å². The number of imidazole rings is 2. The van der Waals surface area contributed by atoms with Crippen LogP contribution in [0.3, 0.4) is 0 Å². The summed E-state index contributed by atoms with van der Waals surface area (Å²) in [6.07, 6.45) is -5.43. The Kier molecular flexibility index (Phi) is 10.1. The molecule has 3 saturated heterocycles. The van der Waals surface area contributed by atoms with Crippen LogP contribution in [-0.4, -0.2) is 115 Å². The zero-order valence-corrected chi connectivity index (χ0v) is 31.9. The van der Waals surface area contributed by atoms with E-state index in [9.17, 15) is 48.2 Å². The third-order valence-corrected chi connectivity index (χ3v) is 13.9. The Morgan fingerprint density at radius 1 is 0.842 bits per heavy atom. The van der Waals surface area contributed by atoms with E-state index in [2.05, 4.69) is 38.1 Å². The summed E-state index contributed by atoms with van der Waals surface area (Å²) in [5.74, 6) is -1.47. The van der Waals surface area contributed by atoms with Gasteiger partial charge < -0.3 is 55.3 Å². The van der Waals surface area contributed by atoms with Crippen molar-refractivity contribution in [2.45, 2.75) is 80.5 Å². The average Bonchev–Trinajstić information content (AvgIpc) is 3.95. The van der Waals surface area contributed by atoms with E-state index in [1.54, 1.807) is 7.05 Å². The molecule has 4 fully saturated rings. The molecule has 0 amide bonds. The average molecular weight is 870 g/mol. The normalized spacial score (nSPS) is 31.5. The number of ether oxygens (including phenoxy) is 4. The Hall–Kier alpha value is -3.53. The van der Waals surface area contributed by atoms with Crippen LogP contribution < -0.4 is 27.2 Å². The second-order valence-electron chi connectivity index (χ2n) is 13.6. The maximum Gasteiger partial charge on any atom is 0.490 e. The van der Waals surface area contributed by atoms with E-state index in [0.29, 0.717) is 12.8 Å². The van der Waals surface area contributed by atoms with Gasteiger partial charge in [0.05, 0.1) is 26.6 Å². The lowest BCUT2D eigenvalue weighted by Gasteiger charge is -2.26. The minimum atomic E-state index is -5.96. The first-order chi connectivity index (χ1) is 26.7. The molecule has 312 valence electrons. The maximum absolute atomic E-state index is 12.9. The van der Waals surface area contributed by atoms with Crippen LogP contribution in [0.4, 0.5) is 11.9 Å². The number of aromatic nitrogens is 8. The summed E-state index contributed by atoms with van der Waals surface area (Å²) < 4.78 is 84.7. The minimum Gasteiger partial charge on any atom is -0.387 e. The van der Waals surface area contributed by atoms with E-state index >= 15 is 0 Å². The van der Waals surface area contributed by atoms with E-state index in [1.165, 1.54) is 15.5 Å². The van der Waals surface area contributed by atoms with Crippen LogP contribution in [-0.2, 0) is 57.4 Å². The molecule has 28 nitrogen and oxygen atoms in total. The first kappa shape index (κ1) is 40.3. The molecule has 1 spiro atoms. The number of phosphoric ester groups is 2. The summed E-state index contributed by atoms with van der Waals surface area (Å²) in [7, 11) is -15.7. The minimum absolute atomic E-state index is 0.128. The van der Waals surface area contributed by atoms with Crippen molar-refractivity contribution in [3.05, 3.63) is 33.4 Å². The smallest absolute Gasteiger partial charge is 0.387 e. The molecule has 7 unspecified atom stereocenters. The van der Waals surface area contributed by atoms with E-state index in [4.69, 9.17) is 34.9 Å². The summed E-state index contributed by atoms with van der Waals surface area (Å²) in [4.78, 5) is 72.2. The van der Waals surface area contributed by atoms with Crippen molar-refractivity contribution in [1.29, 1.82) is 0 Å². The number of aromatic amines is 2. The van der Waals surface area contributed by atoms with Gasteiger partial charge in [-0.1, -0.05) is 0 Å². The predicted molar refractivity (Wildman–Crippen MR) is 183 cm³/mol. The van der Waals surface area contributed by atoms with Crippen LogP contribution in [0.2, 0.25) is 0 Å². The Bertz CT molecular complexity index is 2490. The molecule has 31 heteroatoms. The van der Waals surface area contributed by atoms with Gasteiger partial charge in [0.1, 0.15) is 30.5 Å². The fourth-order valence-corrected chi connectivity index (χ4v) is 10.9. The van der Waals surface area contributed by atoms with Gasteiger partial charge in [-0.05, 0) is 12.8 Å². The number of aryl methyl sites for hydroxylation is 1. The quantitative estimate of drug-likeness (QED) is 0.0538. The second kappa shape index (κ2) is 14.3. The van der Waals surface area contributed by atoms with Gasteiger partial charge in [-0.25, -0.2) is 23.2 Å². The van der Waals surface area contributed by atoms with Gasteiger partial charge in [-0.2, -0.15) is 23.2 Å². The zero-order chi connectivity index (χ0) is 40.8. The molecular weight excluding hydrogens is 833 g/mol. The molecule has 11 N–H and O–H groups in total. The first-order valence-corrected chi connectivity index (χ1v) is 21.4. The van der Waals surface area contributed by atoms with Crippen LogP contribution in [0.15, 0.2) is 22.2 Å². The molecule has 1 saturated carbocycles. The molecule has 7 heterocycles. The number of nitrogens with zero attached hydrogens (tertiary/aromatic N) is 6. The number of nitrogens with two attached hydrogens (primary N) is 2. The van der Waals surface area contributed by atoms with Gasteiger partial charge in [-0.3, -0.25) is 33.2 Å². The van der Waals surface area contributed by atoms with Crippen molar-refractivity contribution in [2.24, 2.45) is 7.05 Å². The lowest BCUT2D eigenvalue weighted by Crippen LogP contribution is -2.34. The van der Waals surface area contributed by atoms with Crippen LogP contribution in [0.1, 0.15) is 38.1 Å². The van der Waals surface area contributed by atoms with Crippen molar-refractivity contribution in [3.63, 3.8) is 0 Å². The first-order valence-electron chi connectivity index (χ1n) is 17.0. The molecule has 57 heavy (non-hydrogen) atoms. The van der Waals surface area contributed by atoms with E-state index in [1.807, 2.05) is 0 Å². The van der Waals surface area contributed by atoms with Gasteiger partial charge in [-0.15, -0.1) is 0 Å². The Morgan fingerprint density at radius 3 is 2.09 bits per heavy atom. The Morgan fingerprint density at radius 2 is 1.42 bits per heavy atom. The highest BCUT2D eigenvalue weighted by atomic mass is 31.3. The summed E-state index contributed by atoms with van der Waals surface area (Å²) in [5.41, 5.74) is 10.1. The van der Waals surface area contributed by atoms with Crippen LogP contribution in [0, 0.1) is 0 Å². The number of anilines is 2. The van der Waals surface area contributed by atoms with Gasteiger partial charge in [0, 0.05) is 12.8 Å². The number of nitrogens with one attached hydrogen (secondary N) is 2. The monoisotopic (exact) mass is 869 g/mol. The Balaban J connectivity index is 0.909. The van der Waals surface area contributed by atoms with E-state index < -0.39 is 103 Å². The SMILES string of the molecule is C[n+]1cn([C@@H]2O[C@H](COP(=O)(O)OP(=O)(O)OP(=O)(O)OC[C@H]3O[C@@H](n4cnc5c(=O)[nH]c(N)nc54)C(O)C3O)C3OC4(CCCC4)OC32)c2nc(N)[nH]c(=O)c21. The topological polar surface area (TPSA) is 396 Å². The van der Waals surface area contributed by atoms with Crippen LogP contribution in [0.25, 0.3) is 22.3 Å². The lowest BCUT2D eigenvalue weighted by molar-refractivity contribution is -0.646. The fraction of sp³-hybridized carbons (Fsp3) is 0.615. The maximum atomic E-state index is 12.9. The molecule has 0 aromatic carbocycles. The highest BCUT2D eigenvalue weighted by molar-refractivity contribution is 7.66. The highest BCUT2D eigenvalue weighted by Gasteiger charge is 2.62. The molecular formula is C26H36N10O18P3+. The Labute approximate surface area is 317 Å². The number of aliphatic hydroxyl groups excluding tert-OH is 2.